The number of nitrogens with one attached hydrogen (secondary N) is 1. The number of rotatable bonds is 10. The molecule has 0 spiro atoms. The molecule has 0 fully saturated rings. The van der Waals surface area contributed by atoms with Gasteiger partial charge in [-0.3, -0.25) is 4.79 Å². The number of benzene rings is 2. The van der Waals surface area contributed by atoms with Gasteiger partial charge in [-0.15, -0.1) is 11.3 Å². The SMILES string of the molecule is O=C(CCCOc1ccccc1)NCCc1ncc(Cc2ccccc2)s1. The van der Waals surface area contributed by atoms with Crippen LogP contribution in [-0.4, -0.2) is 24.0 Å². The molecule has 1 amide bonds. The number of aromatic nitrogens is 1. The second-order valence-electron chi connectivity index (χ2n) is 6.25. The average Bonchev–Trinajstić information content (AvgIpc) is 3.14. The van der Waals surface area contributed by atoms with Gasteiger partial charge in [0.25, 0.3) is 0 Å². The summed E-state index contributed by atoms with van der Waals surface area (Å²) in [6.45, 7) is 1.17. The highest BCUT2D eigenvalue weighted by molar-refractivity contribution is 7.11. The van der Waals surface area contributed by atoms with Crippen molar-refractivity contribution in [2.24, 2.45) is 0 Å². The van der Waals surface area contributed by atoms with Gasteiger partial charge in [-0.1, -0.05) is 48.5 Å². The first-order valence-electron chi connectivity index (χ1n) is 9.21. The lowest BCUT2D eigenvalue weighted by molar-refractivity contribution is -0.121. The van der Waals surface area contributed by atoms with Crippen LogP contribution in [0.4, 0.5) is 0 Å². The first-order chi connectivity index (χ1) is 13.3. The van der Waals surface area contributed by atoms with Crippen molar-refractivity contribution in [3.05, 3.63) is 82.3 Å². The Morgan fingerprint density at radius 3 is 2.56 bits per heavy atom. The Bertz CT molecular complexity index is 819. The summed E-state index contributed by atoms with van der Waals surface area (Å²) in [6.07, 6.45) is 4.80. The van der Waals surface area contributed by atoms with Gasteiger partial charge < -0.3 is 10.1 Å². The van der Waals surface area contributed by atoms with Gasteiger partial charge in [0.1, 0.15) is 5.75 Å². The summed E-state index contributed by atoms with van der Waals surface area (Å²) in [5.74, 6) is 0.903. The smallest absolute Gasteiger partial charge is 0.220 e. The maximum absolute atomic E-state index is 11.9. The van der Waals surface area contributed by atoms with Gasteiger partial charge in [0.05, 0.1) is 11.6 Å². The van der Waals surface area contributed by atoms with Gasteiger partial charge in [-0.25, -0.2) is 4.98 Å². The van der Waals surface area contributed by atoms with Crippen molar-refractivity contribution >= 4 is 17.2 Å². The van der Waals surface area contributed by atoms with Crippen LogP contribution in [-0.2, 0) is 17.6 Å². The molecule has 4 nitrogen and oxygen atoms in total. The van der Waals surface area contributed by atoms with E-state index in [9.17, 15) is 4.79 Å². The molecule has 0 radical (unpaired) electrons. The highest BCUT2D eigenvalue weighted by Crippen LogP contribution is 2.17. The van der Waals surface area contributed by atoms with Crippen LogP contribution in [0.1, 0.15) is 28.3 Å². The number of hydrogen-bond donors (Lipinski definition) is 1. The van der Waals surface area contributed by atoms with Crippen molar-refractivity contribution in [1.29, 1.82) is 0 Å². The van der Waals surface area contributed by atoms with E-state index < -0.39 is 0 Å². The van der Waals surface area contributed by atoms with E-state index in [1.54, 1.807) is 11.3 Å². The normalized spacial score (nSPS) is 10.5. The van der Waals surface area contributed by atoms with Gasteiger partial charge in [-0.2, -0.15) is 0 Å². The van der Waals surface area contributed by atoms with Gasteiger partial charge >= 0.3 is 0 Å². The maximum atomic E-state index is 11.9. The van der Waals surface area contributed by atoms with Crippen molar-refractivity contribution in [3.8, 4) is 5.75 Å². The molecule has 0 bridgehead atoms. The fourth-order valence-electron chi connectivity index (χ4n) is 2.68. The number of carbonyl (C=O) groups is 1. The molecule has 3 rings (SSSR count). The standard InChI is InChI=1S/C22H24N2O2S/c25-21(12-7-15-26-19-10-5-2-6-11-19)23-14-13-22-24-17-20(27-22)16-18-8-3-1-4-9-18/h1-6,8-11,17H,7,12-16H2,(H,23,25). The molecule has 5 heteroatoms. The molecule has 1 aromatic heterocycles. The van der Waals surface area contributed by atoms with Crippen molar-refractivity contribution in [2.45, 2.75) is 25.7 Å². The number of amides is 1. The molecule has 0 saturated heterocycles. The fourth-order valence-corrected chi connectivity index (χ4v) is 3.64. The van der Waals surface area contributed by atoms with E-state index in [0.717, 1.165) is 23.6 Å². The van der Waals surface area contributed by atoms with Gasteiger partial charge in [0.15, 0.2) is 0 Å². The Hall–Kier alpha value is -2.66. The molecule has 0 saturated carbocycles. The zero-order valence-electron chi connectivity index (χ0n) is 15.3. The first kappa shape index (κ1) is 19.1. The molecule has 0 aliphatic rings. The van der Waals surface area contributed by atoms with Crippen molar-refractivity contribution < 1.29 is 9.53 Å². The Morgan fingerprint density at radius 2 is 1.78 bits per heavy atom. The molecule has 0 unspecified atom stereocenters. The van der Waals surface area contributed by atoms with E-state index in [1.165, 1.54) is 10.4 Å². The second-order valence-corrected chi connectivity index (χ2v) is 7.45. The largest absolute Gasteiger partial charge is 0.494 e. The third-order valence-corrected chi connectivity index (χ3v) is 5.10. The third kappa shape index (κ3) is 6.87. The number of hydrogen-bond acceptors (Lipinski definition) is 4. The predicted octanol–water partition coefficient (Wildman–Crippen LogP) is 4.25. The zero-order valence-corrected chi connectivity index (χ0v) is 16.1. The maximum Gasteiger partial charge on any atom is 0.220 e. The number of carbonyl (C=O) groups excluding carboxylic acids is 1. The topological polar surface area (TPSA) is 51.2 Å². The number of thiazole rings is 1. The van der Waals surface area contributed by atoms with Crippen molar-refractivity contribution in [2.75, 3.05) is 13.2 Å². The highest BCUT2D eigenvalue weighted by atomic mass is 32.1. The fraction of sp³-hybridized carbons (Fsp3) is 0.273. The Balaban J connectivity index is 1.29. The van der Waals surface area contributed by atoms with Gasteiger partial charge in [0.2, 0.25) is 5.91 Å². The van der Waals surface area contributed by atoms with Crippen LogP contribution in [0.3, 0.4) is 0 Å². The molecule has 27 heavy (non-hydrogen) atoms. The van der Waals surface area contributed by atoms with Crippen LogP contribution < -0.4 is 10.1 Å². The van der Waals surface area contributed by atoms with E-state index in [2.05, 4.69) is 34.6 Å². The van der Waals surface area contributed by atoms with E-state index in [-0.39, 0.29) is 5.91 Å². The molecule has 140 valence electrons. The quantitative estimate of drug-likeness (QED) is 0.535. The number of nitrogens with zero attached hydrogens (tertiary/aromatic N) is 1. The van der Waals surface area contributed by atoms with Crippen LogP contribution in [0.2, 0.25) is 0 Å². The molecule has 1 N–H and O–H groups in total. The summed E-state index contributed by atoms with van der Waals surface area (Å²) in [5, 5.41) is 4.02. The third-order valence-electron chi connectivity index (χ3n) is 4.04. The minimum atomic E-state index is 0.0627. The van der Waals surface area contributed by atoms with E-state index in [1.807, 2.05) is 42.6 Å². The highest BCUT2D eigenvalue weighted by Gasteiger charge is 2.05. The summed E-state index contributed by atoms with van der Waals surface area (Å²) < 4.78 is 5.59. The summed E-state index contributed by atoms with van der Waals surface area (Å²) in [5.41, 5.74) is 1.29. The summed E-state index contributed by atoms with van der Waals surface area (Å²) >= 11 is 1.72. The van der Waals surface area contributed by atoms with Gasteiger partial charge in [-0.05, 0) is 24.1 Å². The van der Waals surface area contributed by atoms with E-state index in [4.69, 9.17) is 4.74 Å². The molecule has 2 aromatic carbocycles. The van der Waals surface area contributed by atoms with Gasteiger partial charge in [0, 0.05) is 36.9 Å². The first-order valence-corrected chi connectivity index (χ1v) is 10.0. The predicted molar refractivity (Wildman–Crippen MR) is 109 cm³/mol. The number of para-hydroxylation sites is 1. The molecular weight excluding hydrogens is 356 g/mol. The lowest BCUT2D eigenvalue weighted by Crippen LogP contribution is -2.25. The molecular formula is C22H24N2O2S. The van der Waals surface area contributed by atoms with Crippen LogP contribution in [0.5, 0.6) is 5.75 Å². The van der Waals surface area contributed by atoms with Crippen LogP contribution in [0, 0.1) is 0 Å². The second kappa shape index (κ2) is 10.5. The summed E-state index contributed by atoms with van der Waals surface area (Å²) in [7, 11) is 0. The molecule has 1 heterocycles. The van der Waals surface area contributed by atoms with E-state index >= 15 is 0 Å². The Labute approximate surface area is 164 Å². The lowest BCUT2D eigenvalue weighted by atomic mass is 10.1. The minimum Gasteiger partial charge on any atom is -0.494 e. The minimum absolute atomic E-state index is 0.0627. The van der Waals surface area contributed by atoms with Crippen LogP contribution in [0.25, 0.3) is 0 Å². The number of ether oxygens (including phenoxy) is 1. The lowest BCUT2D eigenvalue weighted by Gasteiger charge is -2.06. The van der Waals surface area contributed by atoms with Crippen molar-refractivity contribution in [3.63, 3.8) is 0 Å². The summed E-state index contributed by atoms with van der Waals surface area (Å²) in [6, 6.07) is 20.0. The monoisotopic (exact) mass is 380 g/mol. The van der Waals surface area contributed by atoms with Crippen LogP contribution >= 0.6 is 11.3 Å². The molecule has 0 atom stereocenters. The Kier molecular flexibility index (Phi) is 7.42. The van der Waals surface area contributed by atoms with E-state index in [0.29, 0.717) is 26.0 Å². The average molecular weight is 381 g/mol. The van der Waals surface area contributed by atoms with Crippen molar-refractivity contribution in [1.82, 2.24) is 10.3 Å². The van der Waals surface area contributed by atoms with Crippen LogP contribution in [0.15, 0.2) is 66.9 Å². The molecule has 3 aromatic rings. The zero-order chi connectivity index (χ0) is 18.7. The Morgan fingerprint density at radius 1 is 1.04 bits per heavy atom. The molecule has 0 aliphatic heterocycles. The summed E-state index contributed by atoms with van der Waals surface area (Å²) in [4.78, 5) is 17.6. The molecule has 0 aliphatic carbocycles.